The van der Waals surface area contributed by atoms with Gasteiger partial charge in [-0.05, 0) is 49.2 Å². The Morgan fingerprint density at radius 3 is 2.55 bits per heavy atom. The van der Waals surface area contributed by atoms with Gasteiger partial charge in [0, 0.05) is 31.2 Å². The van der Waals surface area contributed by atoms with Crippen molar-refractivity contribution in [3.05, 3.63) is 29.1 Å². The molecule has 1 saturated carbocycles. The first kappa shape index (κ1) is 22.1. The molecule has 0 bridgehead atoms. The van der Waals surface area contributed by atoms with Crippen LogP contribution in [0.25, 0.3) is 11.5 Å². The Morgan fingerprint density at radius 2 is 1.97 bits per heavy atom. The zero-order chi connectivity index (χ0) is 21.2. The van der Waals surface area contributed by atoms with Crippen LogP contribution >= 0.6 is 12.2 Å². The van der Waals surface area contributed by atoms with E-state index in [1.54, 1.807) is 28.9 Å². The minimum absolute atomic E-state index is 0.230. The number of aromatic nitrogens is 2. The monoisotopic (exact) mass is 438 g/mol. The van der Waals surface area contributed by atoms with Crippen molar-refractivity contribution in [3.63, 3.8) is 0 Å². The Labute approximate surface area is 178 Å². The zero-order valence-electron chi connectivity index (χ0n) is 17.5. The molecular formula is C20H30N4O3S2. The first-order valence-electron chi connectivity index (χ1n) is 10.2. The fraction of sp³-hybridized carbons (Fsp3) is 0.600. The molecule has 0 atom stereocenters. The summed E-state index contributed by atoms with van der Waals surface area (Å²) in [5.41, 5.74) is 0.602. The second kappa shape index (κ2) is 9.07. The normalized spacial score (nSPS) is 15.0. The molecule has 1 aliphatic carbocycles. The van der Waals surface area contributed by atoms with Crippen LogP contribution in [-0.2, 0) is 16.7 Å². The van der Waals surface area contributed by atoms with E-state index in [4.69, 9.17) is 16.6 Å². The number of hydrogen-bond donors (Lipinski definition) is 0. The van der Waals surface area contributed by atoms with Gasteiger partial charge in [-0.25, -0.2) is 13.1 Å². The Balaban J connectivity index is 1.87. The summed E-state index contributed by atoms with van der Waals surface area (Å²) in [7, 11) is -3.55. The van der Waals surface area contributed by atoms with Gasteiger partial charge in [-0.2, -0.15) is 4.31 Å². The first-order chi connectivity index (χ1) is 13.8. The molecule has 1 aliphatic rings. The molecule has 2 aromatic rings. The number of sulfonamides is 1. The van der Waals surface area contributed by atoms with Gasteiger partial charge in [0.15, 0.2) is 0 Å². The van der Waals surface area contributed by atoms with Gasteiger partial charge in [0.2, 0.25) is 15.9 Å². The maximum Gasteiger partial charge on any atom is 0.288 e. The van der Waals surface area contributed by atoms with E-state index in [0.717, 1.165) is 6.54 Å². The van der Waals surface area contributed by atoms with Crippen LogP contribution in [0.15, 0.2) is 33.6 Å². The lowest BCUT2D eigenvalue weighted by atomic mass is 10.2. The van der Waals surface area contributed by atoms with Crippen molar-refractivity contribution in [2.24, 2.45) is 5.92 Å². The second-order valence-electron chi connectivity index (χ2n) is 7.83. The maximum absolute atomic E-state index is 12.8. The zero-order valence-corrected chi connectivity index (χ0v) is 19.2. The minimum Gasteiger partial charge on any atom is -0.409 e. The summed E-state index contributed by atoms with van der Waals surface area (Å²) < 4.78 is 34.5. The SMILES string of the molecule is CCN(CC)S(=O)(=O)c1cccc(-c2nn(CN(CC(C)C)C3CC3)c(=S)o2)c1. The third-order valence-electron chi connectivity index (χ3n) is 5.01. The topological polar surface area (TPSA) is 71.6 Å². The maximum atomic E-state index is 12.8. The van der Waals surface area contributed by atoms with E-state index in [2.05, 4.69) is 23.8 Å². The van der Waals surface area contributed by atoms with E-state index < -0.39 is 10.0 Å². The summed E-state index contributed by atoms with van der Waals surface area (Å²) in [4.78, 5) is 2.91. The van der Waals surface area contributed by atoms with Crippen molar-refractivity contribution in [2.45, 2.75) is 58.1 Å². The molecule has 0 amide bonds. The Morgan fingerprint density at radius 1 is 1.28 bits per heavy atom. The number of hydrogen-bond acceptors (Lipinski definition) is 6. The molecule has 29 heavy (non-hydrogen) atoms. The van der Waals surface area contributed by atoms with E-state index in [1.807, 2.05) is 13.8 Å². The molecule has 1 aromatic carbocycles. The van der Waals surface area contributed by atoms with Gasteiger partial charge in [-0.15, -0.1) is 5.10 Å². The third kappa shape index (κ3) is 5.14. The Hall–Kier alpha value is -1.55. The summed E-state index contributed by atoms with van der Waals surface area (Å²) in [5.74, 6) is 0.894. The molecule has 0 aliphatic heterocycles. The lowest BCUT2D eigenvalue weighted by Crippen LogP contribution is -2.32. The summed E-state index contributed by atoms with van der Waals surface area (Å²) >= 11 is 5.38. The Bertz CT molecular complexity index is 989. The van der Waals surface area contributed by atoms with Gasteiger partial charge in [-0.1, -0.05) is 33.8 Å². The van der Waals surface area contributed by atoms with Crippen LogP contribution in [0.1, 0.15) is 40.5 Å². The minimum atomic E-state index is -3.55. The van der Waals surface area contributed by atoms with Crippen molar-refractivity contribution in [2.75, 3.05) is 19.6 Å². The quantitative estimate of drug-likeness (QED) is 0.523. The van der Waals surface area contributed by atoms with Crippen LogP contribution in [0, 0.1) is 10.8 Å². The molecule has 7 nitrogen and oxygen atoms in total. The molecule has 3 rings (SSSR count). The molecule has 0 saturated heterocycles. The number of benzene rings is 1. The van der Waals surface area contributed by atoms with Crippen molar-refractivity contribution in [3.8, 4) is 11.5 Å². The molecule has 1 aromatic heterocycles. The number of nitrogens with zero attached hydrogens (tertiary/aromatic N) is 4. The van der Waals surface area contributed by atoms with Gasteiger partial charge < -0.3 is 4.42 Å². The molecule has 0 unspecified atom stereocenters. The average Bonchev–Trinajstić information content (AvgIpc) is 3.46. The molecule has 0 N–H and O–H groups in total. The average molecular weight is 439 g/mol. The van der Waals surface area contributed by atoms with Crippen molar-refractivity contribution in [1.29, 1.82) is 0 Å². The highest BCUT2D eigenvalue weighted by molar-refractivity contribution is 7.89. The summed E-state index contributed by atoms with van der Waals surface area (Å²) in [6.45, 7) is 10.5. The van der Waals surface area contributed by atoms with Gasteiger partial charge >= 0.3 is 0 Å². The van der Waals surface area contributed by atoms with Crippen molar-refractivity contribution >= 4 is 22.2 Å². The lowest BCUT2D eigenvalue weighted by Gasteiger charge is -2.23. The molecular weight excluding hydrogens is 408 g/mol. The molecule has 1 heterocycles. The van der Waals surface area contributed by atoms with E-state index in [9.17, 15) is 8.42 Å². The highest BCUT2D eigenvalue weighted by atomic mass is 32.2. The van der Waals surface area contributed by atoms with Crippen LogP contribution in [-0.4, -0.2) is 53.1 Å². The van der Waals surface area contributed by atoms with Gasteiger partial charge in [0.05, 0.1) is 11.6 Å². The van der Waals surface area contributed by atoms with E-state index in [1.165, 1.54) is 17.1 Å². The fourth-order valence-electron chi connectivity index (χ4n) is 3.42. The van der Waals surface area contributed by atoms with Crippen LogP contribution < -0.4 is 0 Å². The summed E-state index contributed by atoms with van der Waals surface area (Å²) in [6.07, 6.45) is 2.41. The first-order valence-corrected chi connectivity index (χ1v) is 12.0. The van der Waals surface area contributed by atoms with Crippen molar-refractivity contribution in [1.82, 2.24) is 19.0 Å². The standard InChI is InChI=1S/C20H30N4O3S2/c1-5-23(6-2)29(25,26)18-9-7-8-16(12-18)19-21-24(20(28)27-19)14-22(13-15(3)4)17-10-11-17/h7-9,12,15,17H,5-6,10-11,13-14H2,1-4H3. The second-order valence-corrected chi connectivity index (χ2v) is 10.1. The smallest absolute Gasteiger partial charge is 0.288 e. The fourth-order valence-corrected chi connectivity index (χ4v) is 5.10. The van der Waals surface area contributed by atoms with E-state index in [-0.39, 0.29) is 4.90 Å². The molecule has 0 radical (unpaired) electrons. The van der Waals surface area contributed by atoms with E-state index in [0.29, 0.717) is 48.0 Å². The molecule has 0 spiro atoms. The summed E-state index contributed by atoms with van der Waals surface area (Å²) in [6, 6.07) is 7.28. The molecule has 9 heteroatoms. The van der Waals surface area contributed by atoms with Crippen LogP contribution in [0.2, 0.25) is 0 Å². The van der Waals surface area contributed by atoms with Gasteiger partial charge in [0.1, 0.15) is 0 Å². The highest BCUT2D eigenvalue weighted by Gasteiger charge is 2.30. The van der Waals surface area contributed by atoms with Crippen LogP contribution in [0.3, 0.4) is 0 Å². The Kier molecular flexibility index (Phi) is 6.93. The van der Waals surface area contributed by atoms with Gasteiger partial charge in [-0.3, -0.25) is 4.90 Å². The third-order valence-corrected chi connectivity index (χ3v) is 7.35. The number of rotatable bonds is 10. The molecule has 160 valence electrons. The predicted molar refractivity (Wildman–Crippen MR) is 115 cm³/mol. The lowest BCUT2D eigenvalue weighted by molar-refractivity contribution is 0.172. The predicted octanol–water partition coefficient (Wildman–Crippen LogP) is 3.98. The van der Waals surface area contributed by atoms with Crippen LogP contribution in [0.4, 0.5) is 0 Å². The highest BCUT2D eigenvalue weighted by Crippen LogP contribution is 2.29. The van der Waals surface area contributed by atoms with Crippen molar-refractivity contribution < 1.29 is 12.8 Å². The molecule has 1 fully saturated rings. The van der Waals surface area contributed by atoms with Crippen LogP contribution in [0.5, 0.6) is 0 Å². The van der Waals surface area contributed by atoms with Gasteiger partial charge in [0.25, 0.3) is 4.84 Å². The van der Waals surface area contributed by atoms with E-state index >= 15 is 0 Å². The summed E-state index contributed by atoms with van der Waals surface area (Å²) in [5, 5.41) is 4.54. The largest absolute Gasteiger partial charge is 0.409 e.